The fourth-order valence-electron chi connectivity index (χ4n) is 1.16. The molecule has 0 saturated carbocycles. The van der Waals surface area contributed by atoms with Crippen molar-refractivity contribution in [3.63, 3.8) is 0 Å². The molecule has 1 aromatic rings. The number of ether oxygens (including phenoxy) is 1. The summed E-state index contributed by atoms with van der Waals surface area (Å²) in [6.45, 7) is 6.46. The second-order valence-corrected chi connectivity index (χ2v) is 3.10. The third-order valence-corrected chi connectivity index (χ3v) is 1.76. The van der Waals surface area contributed by atoms with Crippen molar-refractivity contribution < 1.29 is 4.74 Å². The first-order valence-electron chi connectivity index (χ1n) is 5.14. The summed E-state index contributed by atoms with van der Waals surface area (Å²) in [5.41, 5.74) is 0.983. The fraction of sp³-hybridized carbons (Fsp3) is 0.545. The van der Waals surface area contributed by atoms with E-state index in [1.165, 1.54) is 0 Å². The van der Waals surface area contributed by atoms with Gasteiger partial charge in [-0.25, -0.2) is 4.98 Å². The van der Waals surface area contributed by atoms with E-state index in [-0.39, 0.29) is 0 Å². The molecule has 0 unspecified atom stereocenters. The van der Waals surface area contributed by atoms with Gasteiger partial charge in [0, 0.05) is 13.2 Å². The molecule has 0 aliphatic rings. The Balaban J connectivity index is 2.46. The number of pyridine rings is 1. The molecule has 0 aliphatic heterocycles. The molecule has 0 amide bonds. The van der Waals surface area contributed by atoms with Crippen molar-refractivity contribution in [2.24, 2.45) is 0 Å². The van der Waals surface area contributed by atoms with Crippen molar-refractivity contribution in [1.82, 2.24) is 4.98 Å². The van der Waals surface area contributed by atoms with Gasteiger partial charge >= 0.3 is 0 Å². The molecule has 78 valence electrons. The molecule has 3 heteroatoms. The molecule has 0 atom stereocenters. The van der Waals surface area contributed by atoms with Crippen LogP contribution in [0, 0.1) is 0 Å². The van der Waals surface area contributed by atoms with E-state index < -0.39 is 0 Å². The van der Waals surface area contributed by atoms with Crippen LogP contribution in [0.4, 0.5) is 5.82 Å². The maximum absolute atomic E-state index is 5.41. The van der Waals surface area contributed by atoms with E-state index in [0.29, 0.717) is 6.61 Å². The monoisotopic (exact) mass is 194 g/mol. The van der Waals surface area contributed by atoms with Gasteiger partial charge in [-0.3, -0.25) is 0 Å². The Morgan fingerprint density at radius 2 is 2.21 bits per heavy atom. The summed E-state index contributed by atoms with van der Waals surface area (Å²) < 4.78 is 5.41. The van der Waals surface area contributed by atoms with Crippen molar-refractivity contribution in [1.29, 1.82) is 0 Å². The molecule has 1 heterocycles. The lowest BCUT2D eigenvalue weighted by Gasteiger charge is -2.05. The third-order valence-electron chi connectivity index (χ3n) is 1.76. The molecule has 1 N–H and O–H groups in total. The average molecular weight is 194 g/mol. The summed E-state index contributed by atoms with van der Waals surface area (Å²) in [6, 6.07) is 5.94. The van der Waals surface area contributed by atoms with Crippen LogP contribution in [0.3, 0.4) is 0 Å². The van der Waals surface area contributed by atoms with Gasteiger partial charge in [0.15, 0.2) is 0 Å². The lowest BCUT2D eigenvalue weighted by molar-refractivity contribution is 0.119. The highest BCUT2D eigenvalue weighted by atomic mass is 16.5. The standard InChI is InChI=1S/C11H18N2O/c1-3-8-14-9-10-6-5-7-11(13-10)12-4-2/h5-7H,3-4,8-9H2,1-2H3,(H,12,13). The molecule has 0 saturated heterocycles. The van der Waals surface area contributed by atoms with Gasteiger partial charge in [0.05, 0.1) is 12.3 Å². The van der Waals surface area contributed by atoms with Crippen molar-refractivity contribution in [3.8, 4) is 0 Å². The molecule has 0 fully saturated rings. The van der Waals surface area contributed by atoms with Crippen molar-refractivity contribution in [2.75, 3.05) is 18.5 Å². The Bertz CT molecular complexity index is 263. The minimum absolute atomic E-state index is 0.604. The van der Waals surface area contributed by atoms with Crippen LogP contribution in [0.15, 0.2) is 18.2 Å². The largest absolute Gasteiger partial charge is 0.375 e. The Labute approximate surface area is 85.5 Å². The number of nitrogens with zero attached hydrogens (tertiary/aromatic N) is 1. The summed E-state index contributed by atoms with van der Waals surface area (Å²) in [5, 5.41) is 3.17. The first-order chi connectivity index (χ1) is 6.86. The van der Waals surface area contributed by atoms with Crippen LogP contribution in [0.5, 0.6) is 0 Å². The SMILES string of the molecule is CCCOCc1cccc(NCC)n1. The van der Waals surface area contributed by atoms with Crippen LogP contribution in [0.2, 0.25) is 0 Å². The molecule has 0 spiro atoms. The second kappa shape index (κ2) is 6.38. The van der Waals surface area contributed by atoms with Gasteiger partial charge in [0.1, 0.15) is 5.82 Å². The van der Waals surface area contributed by atoms with Crippen LogP contribution in [-0.2, 0) is 11.3 Å². The minimum atomic E-state index is 0.604. The van der Waals surface area contributed by atoms with Crippen molar-refractivity contribution >= 4 is 5.82 Å². The molecule has 14 heavy (non-hydrogen) atoms. The summed E-state index contributed by atoms with van der Waals surface area (Å²) in [4.78, 5) is 4.40. The predicted molar refractivity (Wildman–Crippen MR) is 58.3 cm³/mol. The molecular formula is C11H18N2O. The van der Waals surface area contributed by atoms with E-state index in [1.807, 2.05) is 18.2 Å². The third kappa shape index (κ3) is 3.75. The summed E-state index contributed by atoms with van der Waals surface area (Å²) >= 11 is 0. The molecule has 1 aromatic heterocycles. The van der Waals surface area contributed by atoms with Gasteiger partial charge in [-0.05, 0) is 25.5 Å². The quantitative estimate of drug-likeness (QED) is 0.706. The van der Waals surface area contributed by atoms with Crippen molar-refractivity contribution in [2.45, 2.75) is 26.9 Å². The number of hydrogen-bond donors (Lipinski definition) is 1. The first kappa shape index (κ1) is 11.0. The summed E-state index contributed by atoms with van der Waals surface area (Å²) in [6.07, 6.45) is 1.05. The van der Waals surface area contributed by atoms with E-state index in [9.17, 15) is 0 Å². The first-order valence-corrected chi connectivity index (χ1v) is 5.14. The van der Waals surface area contributed by atoms with Crippen LogP contribution < -0.4 is 5.32 Å². The smallest absolute Gasteiger partial charge is 0.126 e. The lowest BCUT2D eigenvalue weighted by atomic mass is 10.3. The van der Waals surface area contributed by atoms with Gasteiger partial charge < -0.3 is 10.1 Å². The minimum Gasteiger partial charge on any atom is -0.375 e. The van der Waals surface area contributed by atoms with Gasteiger partial charge in [-0.15, -0.1) is 0 Å². The predicted octanol–water partition coefficient (Wildman–Crippen LogP) is 2.44. The molecule has 0 bridgehead atoms. The maximum atomic E-state index is 5.41. The van der Waals surface area contributed by atoms with Crippen LogP contribution >= 0.6 is 0 Å². The Morgan fingerprint density at radius 3 is 2.93 bits per heavy atom. The summed E-state index contributed by atoms with van der Waals surface area (Å²) in [5.74, 6) is 0.921. The zero-order chi connectivity index (χ0) is 10.2. The molecular weight excluding hydrogens is 176 g/mol. The highest BCUT2D eigenvalue weighted by Gasteiger charge is 1.96. The maximum Gasteiger partial charge on any atom is 0.126 e. The van der Waals surface area contributed by atoms with Gasteiger partial charge in [-0.2, -0.15) is 0 Å². The molecule has 0 radical (unpaired) electrons. The number of nitrogens with one attached hydrogen (secondary N) is 1. The zero-order valence-electron chi connectivity index (χ0n) is 8.92. The van der Waals surface area contributed by atoms with Gasteiger partial charge in [0.2, 0.25) is 0 Å². The van der Waals surface area contributed by atoms with Crippen LogP contribution in [0.1, 0.15) is 26.0 Å². The molecule has 3 nitrogen and oxygen atoms in total. The Hall–Kier alpha value is -1.09. The van der Waals surface area contributed by atoms with Crippen molar-refractivity contribution in [3.05, 3.63) is 23.9 Å². The zero-order valence-corrected chi connectivity index (χ0v) is 8.92. The number of aromatic nitrogens is 1. The Kier molecular flexibility index (Phi) is 5.00. The molecule has 0 aliphatic carbocycles. The topological polar surface area (TPSA) is 34.1 Å². The molecule has 1 rings (SSSR count). The highest BCUT2D eigenvalue weighted by molar-refractivity contribution is 5.34. The van der Waals surface area contributed by atoms with E-state index in [2.05, 4.69) is 24.1 Å². The van der Waals surface area contributed by atoms with Crippen LogP contribution in [-0.4, -0.2) is 18.1 Å². The number of hydrogen-bond acceptors (Lipinski definition) is 3. The lowest BCUT2D eigenvalue weighted by Crippen LogP contribution is -2.02. The van der Waals surface area contributed by atoms with E-state index in [1.54, 1.807) is 0 Å². The molecule has 0 aromatic carbocycles. The fourth-order valence-corrected chi connectivity index (χ4v) is 1.16. The van der Waals surface area contributed by atoms with Gasteiger partial charge in [0.25, 0.3) is 0 Å². The number of anilines is 1. The second-order valence-electron chi connectivity index (χ2n) is 3.10. The normalized spacial score (nSPS) is 10.1. The van der Waals surface area contributed by atoms with E-state index in [4.69, 9.17) is 4.74 Å². The summed E-state index contributed by atoms with van der Waals surface area (Å²) in [7, 11) is 0. The Morgan fingerprint density at radius 1 is 1.36 bits per heavy atom. The van der Waals surface area contributed by atoms with E-state index in [0.717, 1.165) is 31.1 Å². The number of rotatable bonds is 6. The van der Waals surface area contributed by atoms with E-state index >= 15 is 0 Å². The average Bonchev–Trinajstić information content (AvgIpc) is 2.19. The van der Waals surface area contributed by atoms with Crippen LogP contribution in [0.25, 0.3) is 0 Å². The van der Waals surface area contributed by atoms with Gasteiger partial charge in [-0.1, -0.05) is 13.0 Å². The highest BCUT2D eigenvalue weighted by Crippen LogP contribution is 2.05.